The van der Waals surface area contributed by atoms with Crippen LogP contribution in [0.3, 0.4) is 0 Å². The number of thioether (sulfide) groups is 1. The van der Waals surface area contributed by atoms with Gasteiger partial charge in [-0.25, -0.2) is 8.42 Å². The Bertz CT molecular complexity index is 925. The number of rotatable bonds is 5. The standard InChI is InChI=1S/C17H23N5O3S2/c1-12(23)18-14-6-8-15(9-7-14)27(24,25)22-10-4-5-13(11-22)16-19-20-17(26-3)21(16)2/h6-9,13H,4-5,10-11H2,1-3H3,(H,18,23)/t13-/m0/s1. The summed E-state index contributed by atoms with van der Waals surface area (Å²) in [4.78, 5) is 11.3. The molecule has 1 aliphatic rings. The van der Waals surface area contributed by atoms with Crippen molar-refractivity contribution in [3.8, 4) is 0 Å². The highest BCUT2D eigenvalue weighted by Gasteiger charge is 2.33. The first-order chi connectivity index (χ1) is 12.8. The molecule has 1 aromatic heterocycles. The van der Waals surface area contributed by atoms with Gasteiger partial charge in [-0.2, -0.15) is 4.31 Å². The van der Waals surface area contributed by atoms with Crippen molar-refractivity contribution in [3.63, 3.8) is 0 Å². The van der Waals surface area contributed by atoms with Gasteiger partial charge in [-0.15, -0.1) is 10.2 Å². The number of sulfonamides is 1. The molecule has 1 amide bonds. The van der Waals surface area contributed by atoms with Crippen molar-refractivity contribution in [1.82, 2.24) is 19.1 Å². The molecule has 27 heavy (non-hydrogen) atoms. The van der Waals surface area contributed by atoms with Gasteiger partial charge in [-0.3, -0.25) is 4.79 Å². The summed E-state index contributed by atoms with van der Waals surface area (Å²) in [6, 6.07) is 6.25. The molecule has 10 heteroatoms. The Hall–Kier alpha value is -1.91. The van der Waals surface area contributed by atoms with E-state index in [1.165, 1.54) is 35.1 Å². The summed E-state index contributed by atoms with van der Waals surface area (Å²) in [6.07, 6.45) is 3.60. The monoisotopic (exact) mass is 409 g/mol. The van der Waals surface area contributed by atoms with Gasteiger partial charge in [-0.1, -0.05) is 11.8 Å². The van der Waals surface area contributed by atoms with Gasteiger partial charge in [0.05, 0.1) is 4.90 Å². The molecule has 8 nitrogen and oxygen atoms in total. The predicted molar refractivity (Wildman–Crippen MR) is 104 cm³/mol. The van der Waals surface area contributed by atoms with Gasteiger partial charge < -0.3 is 9.88 Å². The minimum absolute atomic E-state index is 0.0191. The molecular weight excluding hydrogens is 386 g/mol. The number of amides is 1. The second kappa shape index (κ2) is 7.99. The topological polar surface area (TPSA) is 97.2 Å². The smallest absolute Gasteiger partial charge is 0.243 e. The van der Waals surface area contributed by atoms with E-state index in [-0.39, 0.29) is 16.7 Å². The van der Waals surface area contributed by atoms with E-state index in [9.17, 15) is 13.2 Å². The molecule has 2 heterocycles. The van der Waals surface area contributed by atoms with Crippen molar-refractivity contribution in [2.75, 3.05) is 24.7 Å². The second-order valence-electron chi connectivity index (χ2n) is 6.51. The summed E-state index contributed by atoms with van der Waals surface area (Å²) in [7, 11) is -1.69. The van der Waals surface area contributed by atoms with Gasteiger partial charge in [0.1, 0.15) is 5.82 Å². The van der Waals surface area contributed by atoms with Crippen molar-refractivity contribution in [2.45, 2.75) is 35.7 Å². The summed E-state index contributed by atoms with van der Waals surface area (Å²) in [6.45, 7) is 2.28. The van der Waals surface area contributed by atoms with E-state index < -0.39 is 10.0 Å². The lowest BCUT2D eigenvalue weighted by molar-refractivity contribution is -0.114. The maximum Gasteiger partial charge on any atom is 0.243 e. The lowest BCUT2D eigenvalue weighted by Crippen LogP contribution is -2.39. The number of nitrogens with one attached hydrogen (secondary N) is 1. The minimum atomic E-state index is -3.60. The van der Waals surface area contributed by atoms with Crippen molar-refractivity contribution in [3.05, 3.63) is 30.1 Å². The first kappa shape index (κ1) is 19.8. The van der Waals surface area contributed by atoms with Crippen LogP contribution in [0.15, 0.2) is 34.3 Å². The van der Waals surface area contributed by atoms with Crippen LogP contribution in [-0.4, -0.2) is 52.7 Å². The second-order valence-corrected chi connectivity index (χ2v) is 9.22. The Morgan fingerprint density at radius 1 is 1.26 bits per heavy atom. The van der Waals surface area contributed by atoms with Crippen molar-refractivity contribution >= 4 is 33.4 Å². The zero-order chi connectivity index (χ0) is 19.6. The van der Waals surface area contributed by atoms with E-state index in [4.69, 9.17) is 0 Å². The normalized spacial score (nSPS) is 18.4. The molecule has 1 atom stereocenters. The van der Waals surface area contributed by atoms with E-state index >= 15 is 0 Å². The zero-order valence-electron chi connectivity index (χ0n) is 15.5. The number of hydrogen-bond acceptors (Lipinski definition) is 6. The largest absolute Gasteiger partial charge is 0.326 e. The fourth-order valence-electron chi connectivity index (χ4n) is 3.29. The molecule has 0 bridgehead atoms. The van der Waals surface area contributed by atoms with Gasteiger partial charge >= 0.3 is 0 Å². The Morgan fingerprint density at radius 2 is 1.96 bits per heavy atom. The molecule has 0 saturated carbocycles. The average molecular weight is 410 g/mol. The number of carbonyl (C=O) groups is 1. The molecule has 0 aliphatic carbocycles. The molecule has 146 valence electrons. The van der Waals surface area contributed by atoms with Crippen LogP contribution in [0, 0.1) is 0 Å². The average Bonchev–Trinajstić information content (AvgIpc) is 3.02. The number of anilines is 1. The van der Waals surface area contributed by atoms with Crippen LogP contribution in [0.5, 0.6) is 0 Å². The fraction of sp³-hybridized carbons (Fsp3) is 0.471. The number of benzene rings is 1. The lowest BCUT2D eigenvalue weighted by atomic mass is 9.99. The summed E-state index contributed by atoms with van der Waals surface area (Å²) < 4.78 is 29.5. The Labute approximate surface area is 163 Å². The maximum atomic E-state index is 13.0. The van der Waals surface area contributed by atoms with E-state index in [0.29, 0.717) is 18.8 Å². The zero-order valence-corrected chi connectivity index (χ0v) is 17.2. The van der Waals surface area contributed by atoms with Gasteiger partial charge in [0.2, 0.25) is 15.9 Å². The van der Waals surface area contributed by atoms with Gasteiger partial charge in [0.25, 0.3) is 0 Å². The van der Waals surface area contributed by atoms with Gasteiger partial charge in [0, 0.05) is 38.7 Å². The third kappa shape index (κ3) is 4.17. The third-order valence-corrected chi connectivity index (χ3v) is 7.21. The number of piperidine rings is 1. The summed E-state index contributed by atoms with van der Waals surface area (Å²) in [5.74, 6) is 0.642. The van der Waals surface area contributed by atoms with Crippen molar-refractivity contribution < 1.29 is 13.2 Å². The van der Waals surface area contributed by atoms with Crippen molar-refractivity contribution in [1.29, 1.82) is 0 Å². The summed E-state index contributed by atoms with van der Waals surface area (Å²) in [5, 5.41) is 11.9. The molecule has 1 N–H and O–H groups in total. The maximum absolute atomic E-state index is 13.0. The molecule has 1 aliphatic heterocycles. The van der Waals surface area contributed by atoms with E-state index in [1.807, 2.05) is 17.9 Å². The van der Waals surface area contributed by atoms with E-state index in [1.54, 1.807) is 12.1 Å². The molecule has 0 radical (unpaired) electrons. The fourth-order valence-corrected chi connectivity index (χ4v) is 5.31. The molecule has 2 aromatic rings. The van der Waals surface area contributed by atoms with Crippen molar-refractivity contribution in [2.24, 2.45) is 7.05 Å². The first-order valence-electron chi connectivity index (χ1n) is 8.64. The van der Waals surface area contributed by atoms with E-state index in [0.717, 1.165) is 23.8 Å². The number of nitrogens with zero attached hydrogens (tertiary/aromatic N) is 4. The highest BCUT2D eigenvalue weighted by Crippen LogP contribution is 2.30. The Kier molecular flexibility index (Phi) is 5.87. The predicted octanol–water partition coefficient (Wildman–Crippen LogP) is 2.06. The minimum Gasteiger partial charge on any atom is -0.326 e. The molecule has 0 spiro atoms. The van der Waals surface area contributed by atoms with Crippen LogP contribution in [0.4, 0.5) is 5.69 Å². The van der Waals surface area contributed by atoms with Crippen LogP contribution < -0.4 is 5.32 Å². The Balaban J connectivity index is 1.80. The SMILES string of the molecule is CSc1nnc([C@H]2CCCN(S(=O)(=O)c3ccc(NC(C)=O)cc3)C2)n1C. The number of aromatic nitrogens is 3. The van der Waals surface area contributed by atoms with Crippen LogP contribution in [0.2, 0.25) is 0 Å². The molecule has 3 rings (SSSR count). The van der Waals surface area contributed by atoms with Crippen LogP contribution in [-0.2, 0) is 21.9 Å². The first-order valence-corrected chi connectivity index (χ1v) is 11.3. The molecular formula is C17H23N5O3S2. The summed E-state index contributed by atoms with van der Waals surface area (Å²) in [5.41, 5.74) is 0.571. The summed E-state index contributed by atoms with van der Waals surface area (Å²) >= 11 is 1.52. The molecule has 1 saturated heterocycles. The quantitative estimate of drug-likeness (QED) is 0.759. The lowest BCUT2D eigenvalue weighted by Gasteiger charge is -2.31. The van der Waals surface area contributed by atoms with Gasteiger partial charge in [-0.05, 0) is 43.4 Å². The highest BCUT2D eigenvalue weighted by atomic mass is 32.2. The number of carbonyl (C=O) groups excluding carboxylic acids is 1. The highest BCUT2D eigenvalue weighted by molar-refractivity contribution is 7.98. The molecule has 1 fully saturated rings. The third-order valence-electron chi connectivity index (χ3n) is 4.61. The molecule has 0 unspecified atom stereocenters. The van der Waals surface area contributed by atoms with Crippen LogP contribution in [0.1, 0.15) is 31.5 Å². The molecule has 1 aromatic carbocycles. The van der Waals surface area contributed by atoms with Crippen LogP contribution >= 0.6 is 11.8 Å². The van der Waals surface area contributed by atoms with E-state index in [2.05, 4.69) is 15.5 Å². The number of hydrogen-bond donors (Lipinski definition) is 1. The van der Waals surface area contributed by atoms with Gasteiger partial charge in [0.15, 0.2) is 5.16 Å². The Morgan fingerprint density at radius 3 is 2.56 bits per heavy atom. The van der Waals surface area contributed by atoms with Crippen LogP contribution in [0.25, 0.3) is 0 Å².